The lowest BCUT2D eigenvalue weighted by Crippen LogP contribution is -2.41. The van der Waals surface area contributed by atoms with Crippen molar-refractivity contribution >= 4 is 29.4 Å². The molecule has 0 spiro atoms. The van der Waals surface area contributed by atoms with Crippen molar-refractivity contribution < 1.29 is 9.90 Å². The first-order valence-corrected chi connectivity index (χ1v) is 8.22. The largest absolute Gasteiger partial charge is 0.395 e. The van der Waals surface area contributed by atoms with Crippen molar-refractivity contribution in [1.82, 2.24) is 5.32 Å². The summed E-state index contributed by atoms with van der Waals surface area (Å²) >= 11 is 3.20. The fourth-order valence-corrected chi connectivity index (χ4v) is 2.60. The van der Waals surface area contributed by atoms with Crippen LogP contribution in [0.4, 0.5) is 0 Å². The van der Waals surface area contributed by atoms with Gasteiger partial charge >= 0.3 is 0 Å². The van der Waals surface area contributed by atoms with Crippen LogP contribution in [0.15, 0.2) is 29.2 Å². The summed E-state index contributed by atoms with van der Waals surface area (Å²) in [5.74, 6) is -0.0948. The molecule has 0 fully saturated rings. The lowest BCUT2D eigenvalue weighted by atomic mass is 10.2. The number of carbonyl (C=O) groups excluding carboxylic acids is 1. The van der Waals surface area contributed by atoms with Gasteiger partial charge in [-0.1, -0.05) is 0 Å². The molecule has 0 aromatic heterocycles. The van der Waals surface area contributed by atoms with E-state index in [0.717, 1.165) is 4.90 Å². The zero-order chi connectivity index (χ0) is 13.5. The van der Waals surface area contributed by atoms with Crippen LogP contribution >= 0.6 is 23.5 Å². The molecule has 5 heteroatoms. The van der Waals surface area contributed by atoms with Crippen LogP contribution in [0.25, 0.3) is 0 Å². The van der Waals surface area contributed by atoms with E-state index >= 15 is 0 Å². The number of amides is 1. The first-order chi connectivity index (χ1) is 8.62. The van der Waals surface area contributed by atoms with Gasteiger partial charge in [-0.3, -0.25) is 4.79 Å². The van der Waals surface area contributed by atoms with E-state index in [2.05, 4.69) is 5.32 Å². The summed E-state index contributed by atoms with van der Waals surface area (Å²) < 4.78 is 0. The number of aliphatic hydroxyl groups excluding tert-OH is 1. The highest BCUT2D eigenvalue weighted by Gasteiger charge is 2.17. The van der Waals surface area contributed by atoms with Crippen LogP contribution in [0, 0.1) is 0 Å². The third kappa shape index (κ3) is 4.23. The third-order valence-electron chi connectivity index (χ3n) is 2.75. The topological polar surface area (TPSA) is 49.3 Å². The van der Waals surface area contributed by atoms with Crippen molar-refractivity contribution in [1.29, 1.82) is 0 Å². The molecule has 0 radical (unpaired) electrons. The van der Waals surface area contributed by atoms with E-state index in [1.165, 1.54) is 0 Å². The van der Waals surface area contributed by atoms with Crippen LogP contribution in [0.2, 0.25) is 0 Å². The van der Waals surface area contributed by atoms with Gasteiger partial charge in [-0.15, -0.1) is 11.8 Å². The van der Waals surface area contributed by atoms with Gasteiger partial charge in [-0.2, -0.15) is 11.8 Å². The van der Waals surface area contributed by atoms with E-state index in [9.17, 15) is 9.90 Å². The quantitative estimate of drug-likeness (QED) is 0.787. The molecular formula is C13H19NO2S2. The number of carbonyl (C=O) groups is 1. The molecular weight excluding hydrogens is 266 g/mol. The van der Waals surface area contributed by atoms with Crippen LogP contribution in [0.3, 0.4) is 0 Å². The van der Waals surface area contributed by atoms with Crippen LogP contribution in [-0.4, -0.2) is 41.4 Å². The molecule has 1 amide bonds. The molecule has 1 aromatic carbocycles. The second-order valence-electron chi connectivity index (χ2n) is 3.95. The molecule has 0 aliphatic carbocycles. The monoisotopic (exact) mass is 285 g/mol. The molecule has 0 aliphatic heterocycles. The fraction of sp³-hybridized carbons (Fsp3) is 0.462. The first kappa shape index (κ1) is 15.4. The molecule has 0 saturated heterocycles. The number of hydrogen-bond donors (Lipinski definition) is 2. The maximum Gasteiger partial charge on any atom is 0.251 e. The summed E-state index contributed by atoms with van der Waals surface area (Å²) in [5.41, 5.74) is 0.650. The van der Waals surface area contributed by atoms with E-state index in [1.807, 2.05) is 43.7 Å². The van der Waals surface area contributed by atoms with Crippen molar-refractivity contribution in [2.24, 2.45) is 0 Å². The summed E-state index contributed by atoms with van der Waals surface area (Å²) in [6, 6.07) is 7.45. The maximum atomic E-state index is 12.0. The van der Waals surface area contributed by atoms with E-state index in [-0.39, 0.29) is 23.8 Å². The van der Waals surface area contributed by atoms with Crippen LogP contribution in [0.1, 0.15) is 17.3 Å². The first-order valence-electron chi connectivity index (χ1n) is 5.71. The smallest absolute Gasteiger partial charge is 0.251 e. The number of nitrogens with one attached hydrogen (secondary N) is 1. The molecule has 0 bridgehead atoms. The summed E-state index contributed by atoms with van der Waals surface area (Å²) in [7, 11) is 0. The molecule has 1 rings (SSSR count). The summed E-state index contributed by atoms with van der Waals surface area (Å²) in [4.78, 5) is 13.1. The van der Waals surface area contributed by atoms with E-state index in [1.54, 1.807) is 23.5 Å². The average Bonchev–Trinajstić information content (AvgIpc) is 2.40. The molecule has 2 N–H and O–H groups in total. The Morgan fingerprint density at radius 2 is 1.94 bits per heavy atom. The van der Waals surface area contributed by atoms with Crippen molar-refractivity contribution in [3.63, 3.8) is 0 Å². The number of aliphatic hydroxyl groups is 1. The highest BCUT2D eigenvalue weighted by molar-refractivity contribution is 7.99. The minimum atomic E-state index is -0.0948. The molecule has 18 heavy (non-hydrogen) atoms. The SMILES string of the molecule is CSc1ccc(C(=O)NC(C)C(CO)SC)cc1. The molecule has 0 aliphatic rings. The Bertz CT molecular complexity index is 377. The Morgan fingerprint density at radius 1 is 1.33 bits per heavy atom. The number of rotatable bonds is 6. The zero-order valence-electron chi connectivity index (χ0n) is 10.8. The number of hydrogen-bond acceptors (Lipinski definition) is 4. The third-order valence-corrected chi connectivity index (χ3v) is 4.66. The lowest BCUT2D eigenvalue weighted by Gasteiger charge is -2.21. The minimum Gasteiger partial charge on any atom is -0.395 e. The van der Waals surface area contributed by atoms with Gasteiger partial charge in [0.15, 0.2) is 0 Å². The normalized spacial score (nSPS) is 14.0. The van der Waals surface area contributed by atoms with Crippen molar-refractivity contribution in [3.8, 4) is 0 Å². The van der Waals surface area contributed by atoms with Gasteiger partial charge in [0.2, 0.25) is 0 Å². The standard InChI is InChI=1S/C13H19NO2S2/c1-9(12(8-15)18-3)14-13(16)10-4-6-11(17-2)7-5-10/h4-7,9,12,15H,8H2,1-3H3,(H,14,16). The number of thioether (sulfide) groups is 2. The van der Waals surface area contributed by atoms with Gasteiger partial charge in [0.05, 0.1) is 6.61 Å². The molecule has 3 nitrogen and oxygen atoms in total. The van der Waals surface area contributed by atoms with Gasteiger partial charge in [0.1, 0.15) is 0 Å². The summed E-state index contributed by atoms with van der Waals surface area (Å²) in [5, 5.41) is 12.1. The van der Waals surface area contributed by atoms with Gasteiger partial charge < -0.3 is 10.4 Å². The van der Waals surface area contributed by atoms with Crippen LogP contribution < -0.4 is 5.32 Å². The highest BCUT2D eigenvalue weighted by Crippen LogP contribution is 2.15. The molecule has 2 atom stereocenters. The Hall–Kier alpha value is -0.650. The lowest BCUT2D eigenvalue weighted by molar-refractivity contribution is 0.0936. The van der Waals surface area contributed by atoms with Crippen molar-refractivity contribution in [2.75, 3.05) is 19.1 Å². The number of benzene rings is 1. The van der Waals surface area contributed by atoms with Crippen molar-refractivity contribution in [2.45, 2.75) is 23.1 Å². The summed E-state index contributed by atoms with van der Waals surface area (Å²) in [6.45, 7) is 1.97. The predicted molar refractivity (Wildman–Crippen MR) is 79.5 cm³/mol. The van der Waals surface area contributed by atoms with E-state index < -0.39 is 0 Å². The van der Waals surface area contributed by atoms with E-state index in [0.29, 0.717) is 5.56 Å². The average molecular weight is 285 g/mol. The molecule has 0 heterocycles. The molecule has 2 unspecified atom stereocenters. The van der Waals surface area contributed by atoms with Crippen LogP contribution in [-0.2, 0) is 0 Å². The van der Waals surface area contributed by atoms with Gasteiger partial charge in [0, 0.05) is 21.8 Å². The van der Waals surface area contributed by atoms with Gasteiger partial charge in [0.25, 0.3) is 5.91 Å². The maximum absolute atomic E-state index is 12.0. The predicted octanol–water partition coefficient (Wildman–Crippen LogP) is 2.25. The highest BCUT2D eigenvalue weighted by atomic mass is 32.2. The molecule has 0 saturated carbocycles. The van der Waals surface area contributed by atoms with Gasteiger partial charge in [-0.05, 0) is 43.7 Å². The second-order valence-corrected chi connectivity index (χ2v) is 5.90. The second kappa shape index (κ2) is 7.71. The van der Waals surface area contributed by atoms with Crippen LogP contribution in [0.5, 0.6) is 0 Å². The minimum absolute atomic E-state index is 0.0272. The Kier molecular flexibility index (Phi) is 6.60. The molecule has 100 valence electrons. The fourth-order valence-electron chi connectivity index (χ4n) is 1.56. The Labute approximate surface area is 117 Å². The Morgan fingerprint density at radius 3 is 2.39 bits per heavy atom. The van der Waals surface area contributed by atoms with Gasteiger partial charge in [-0.25, -0.2) is 0 Å². The molecule has 1 aromatic rings. The Balaban J connectivity index is 2.64. The summed E-state index contributed by atoms with van der Waals surface area (Å²) in [6.07, 6.45) is 3.93. The van der Waals surface area contributed by atoms with Crippen molar-refractivity contribution in [3.05, 3.63) is 29.8 Å². The van der Waals surface area contributed by atoms with E-state index in [4.69, 9.17) is 0 Å². The zero-order valence-corrected chi connectivity index (χ0v) is 12.5.